The number of hydrogen-bond donors (Lipinski definition) is 19. The minimum Gasteiger partial charge on any atom is -0.477 e. The molecule has 0 bridgehead atoms. The lowest BCUT2D eigenvalue weighted by atomic mass is 9.88. The maximum absolute atomic E-state index is 13.8. The number of aliphatic hydroxyl groups is 15. The molecule has 5 aliphatic heterocycles. The first kappa shape index (κ1) is 97.2. The molecule has 0 saturated carbocycles. The molecule has 110 heavy (non-hydrogen) atoms. The number of carboxylic acid groups (broad SMARTS) is 1. The fourth-order valence-electron chi connectivity index (χ4n) is 15.0. The molecule has 0 aromatic rings. The number of ether oxygens (including phenoxy) is 10. The van der Waals surface area contributed by atoms with Crippen molar-refractivity contribution in [3.8, 4) is 0 Å². The van der Waals surface area contributed by atoms with E-state index < -0.39 is 228 Å². The van der Waals surface area contributed by atoms with Gasteiger partial charge >= 0.3 is 5.97 Å². The van der Waals surface area contributed by atoms with Gasteiger partial charge in [0.25, 0.3) is 5.79 Å². The molecule has 5 fully saturated rings. The van der Waals surface area contributed by atoms with E-state index in [4.69, 9.17) is 47.4 Å². The molecule has 5 rings (SSSR count). The van der Waals surface area contributed by atoms with Gasteiger partial charge < -0.3 is 145 Å². The first-order chi connectivity index (χ1) is 52.7. The van der Waals surface area contributed by atoms with Crippen LogP contribution in [0, 0.1) is 0 Å². The summed E-state index contributed by atoms with van der Waals surface area (Å²) in [5.41, 5.74) is 0. The SMILES string of the molecule is CCCCCCCCCCCCCCC/C=C/[C@H](O)C(COC1OC(CO)C(OC2OC(C)C(OC3OC(CO)C(O)C(OC4OC(CO)C(O)C(O)C4O)C3NC(C)=O)C(OC3(C(=O)O)CC(O)C(NC(C)=O)C(C(O)C(O)CO)O3)C2O)C(O)C1O)NC(=O)CCCCCCCCCCCCCCCCCCC. The summed E-state index contributed by atoms with van der Waals surface area (Å²) >= 11 is 0. The van der Waals surface area contributed by atoms with Crippen molar-refractivity contribution in [3.05, 3.63) is 12.2 Å². The van der Waals surface area contributed by atoms with Gasteiger partial charge in [0, 0.05) is 26.7 Å². The number of allylic oxidation sites excluding steroid dienone is 1. The number of unbranched alkanes of at least 4 members (excludes halogenated alkanes) is 29. The lowest BCUT2D eigenvalue weighted by molar-refractivity contribution is -0.400. The van der Waals surface area contributed by atoms with Crippen LogP contribution in [-0.2, 0) is 66.5 Å². The maximum atomic E-state index is 13.8. The van der Waals surface area contributed by atoms with E-state index in [2.05, 4.69) is 29.8 Å². The largest absolute Gasteiger partial charge is 0.477 e. The predicted molar refractivity (Wildman–Crippen MR) is 395 cm³/mol. The third-order valence-corrected chi connectivity index (χ3v) is 21.5. The molecule has 28 atom stereocenters. The van der Waals surface area contributed by atoms with Crippen molar-refractivity contribution in [2.45, 2.75) is 418 Å². The molecule has 0 aromatic carbocycles. The Balaban J connectivity index is 1.35. The minimum atomic E-state index is -3.30. The molecule has 5 saturated heterocycles. The van der Waals surface area contributed by atoms with Crippen molar-refractivity contribution in [1.29, 1.82) is 0 Å². The fourth-order valence-corrected chi connectivity index (χ4v) is 15.0. The van der Waals surface area contributed by atoms with Crippen molar-refractivity contribution in [2.75, 3.05) is 33.0 Å². The number of carbonyl (C=O) groups is 4. The molecule has 33 nitrogen and oxygen atoms in total. The highest BCUT2D eigenvalue weighted by molar-refractivity contribution is 5.77. The molecular formula is C77H139N3O30. The Kier molecular flexibility index (Phi) is 46.2. The Morgan fingerprint density at radius 1 is 0.491 bits per heavy atom. The van der Waals surface area contributed by atoms with Crippen LogP contribution in [0.15, 0.2) is 12.2 Å². The summed E-state index contributed by atoms with van der Waals surface area (Å²) in [6.45, 7) is 3.08. The van der Waals surface area contributed by atoms with E-state index >= 15 is 0 Å². The quantitative estimate of drug-likeness (QED) is 0.0303. The van der Waals surface area contributed by atoms with E-state index in [0.29, 0.717) is 12.8 Å². The smallest absolute Gasteiger partial charge is 0.364 e. The highest BCUT2D eigenvalue weighted by atomic mass is 16.8. The highest BCUT2D eigenvalue weighted by Gasteiger charge is 2.62. The van der Waals surface area contributed by atoms with Crippen LogP contribution < -0.4 is 16.0 Å². The van der Waals surface area contributed by atoms with Gasteiger partial charge in [-0.05, 0) is 26.2 Å². The van der Waals surface area contributed by atoms with E-state index in [0.717, 1.165) is 65.2 Å². The summed E-state index contributed by atoms with van der Waals surface area (Å²) in [4.78, 5) is 53.0. The molecule has 0 aromatic heterocycles. The summed E-state index contributed by atoms with van der Waals surface area (Å²) in [7, 11) is 0. The van der Waals surface area contributed by atoms with Crippen molar-refractivity contribution >= 4 is 23.7 Å². The third-order valence-electron chi connectivity index (χ3n) is 21.5. The van der Waals surface area contributed by atoms with Gasteiger partial charge in [-0.1, -0.05) is 206 Å². The number of aliphatic hydroxyl groups excluding tert-OH is 15. The van der Waals surface area contributed by atoms with Gasteiger partial charge in [-0.15, -0.1) is 0 Å². The summed E-state index contributed by atoms with van der Waals surface area (Å²) in [5.74, 6) is -7.48. The van der Waals surface area contributed by atoms with E-state index in [1.807, 2.05) is 6.08 Å². The van der Waals surface area contributed by atoms with Crippen LogP contribution in [0.5, 0.6) is 0 Å². The zero-order valence-corrected chi connectivity index (χ0v) is 65.5. The Morgan fingerprint density at radius 2 is 0.936 bits per heavy atom. The molecule has 3 amide bonds. The molecule has 5 aliphatic rings. The zero-order chi connectivity index (χ0) is 80.9. The topological polar surface area (TPSA) is 520 Å². The normalized spacial score (nSPS) is 34.0. The monoisotopic (exact) mass is 1590 g/mol. The number of hydrogen-bond acceptors (Lipinski definition) is 29. The number of amides is 3. The number of rotatable bonds is 55. The average molecular weight is 1590 g/mol. The van der Waals surface area contributed by atoms with E-state index in [1.165, 1.54) is 142 Å². The molecule has 0 spiro atoms. The van der Waals surface area contributed by atoms with Crippen molar-refractivity contribution < 1.29 is 148 Å². The third kappa shape index (κ3) is 30.9. The highest BCUT2D eigenvalue weighted by Crippen LogP contribution is 2.41. The number of carboxylic acids is 1. The van der Waals surface area contributed by atoms with E-state index in [-0.39, 0.29) is 12.3 Å². The van der Waals surface area contributed by atoms with Gasteiger partial charge in [0.05, 0.1) is 63.4 Å². The predicted octanol–water partition coefficient (Wildman–Crippen LogP) is 1.55. The van der Waals surface area contributed by atoms with Gasteiger partial charge in [-0.25, -0.2) is 4.79 Å². The van der Waals surface area contributed by atoms with E-state index in [9.17, 15) is 101 Å². The van der Waals surface area contributed by atoms with Gasteiger partial charge in [-0.3, -0.25) is 14.4 Å². The molecule has 33 heteroatoms. The Bertz CT molecular complexity index is 2550. The summed E-state index contributed by atoms with van der Waals surface area (Å²) in [6, 6.07) is -4.66. The average Bonchev–Trinajstić information content (AvgIpc) is 0.753. The second-order valence-corrected chi connectivity index (χ2v) is 30.7. The first-order valence-electron chi connectivity index (χ1n) is 40.9. The van der Waals surface area contributed by atoms with Crippen LogP contribution in [0.1, 0.15) is 247 Å². The summed E-state index contributed by atoms with van der Waals surface area (Å²) in [6.07, 6.45) is -8.99. The fraction of sp³-hybridized carbons (Fsp3) is 0.922. The Labute approximate surface area is 648 Å². The van der Waals surface area contributed by atoms with Gasteiger partial charge in [0.2, 0.25) is 17.7 Å². The lowest BCUT2D eigenvalue weighted by Gasteiger charge is -2.52. The number of carbonyl (C=O) groups excluding carboxylic acids is 3. The Hall–Kier alpha value is -3.38. The summed E-state index contributed by atoms with van der Waals surface area (Å²) < 4.78 is 60.6. The van der Waals surface area contributed by atoms with Crippen molar-refractivity contribution in [2.24, 2.45) is 0 Å². The molecular weight excluding hydrogens is 1450 g/mol. The number of nitrogens with one attached hydrogen (secondary N) is 3. The molecule has 0 aliphatic carbocycles. The zero-order valence-electron chi connectivity index (χ0n) is 65.5. The van der Waals surface area contributed by atoms with Crippen molar-refractivity contribution in [3.63, 3.8) is 0 Å². The number of aliphatic carboxylic acids is 1. The molecule has 19 N–H and O–H groups in total. The van der Waals surface area contributed by atoms with Crippen LogP contribution in [0.4, 0.5) is 0 Å². The van der Waals surface area contributed by atoms with Crippen LogP contribution in [-0.4, -0.2) is 310 Å². The minimum absolute atomic E-state index is 0.151. The van der Waals surface area contributed by atoms with Gasteiger partial charge in [-0.2, -0.15) is 0 Å². The molecule has 27 unspecified atom stereocenters. The standard InChI is InChI=1S/C77H139N3O30/c1-6-8-10-12-14-16-18-20-22-23-25-27-29-31-33-35-37-39-56(90)80-49(50(87)38-36-34-32-30-28-26-24-21-19-17-15-13-11-9-7-2)45-101-73-65(97)63(95)68(55(44-84)105-73)107-75-66(98)71(110-77(76(99)100)40-51(88)57(78-47(4)85)70(109-77)59(91)52(89)41-81)67(46(3)102-75)106-72-58(79-48(5)86)69(61(93)54(43-83)103-72)108-74-64(96)62(94)60(92)53(42-82)104-74/h36,38,46,49-55,57-75,81-84,87-89,91-98H,6-35,37,39-45H2,1-5H3,(H,78,85)(H,79,86)(H,80,90)(H,99,100)/b38-36+/t46?,49?,50-,51?,52?,53?,54?,55?,57?,58?,59?,60?,61?,62?,63?,64?,65?,66?,67?,68?,69?,70?,71?,72?,73?,74?,75?,77?/m0/s1. The van der Waals surface area contributed by atoms with Crippen LogP contribution in [0.2, 0.25) is 0 Å². The molecule has 0 radical (unpaired) electrons. The second-order valence-electron chi connectivity index (χ2n) is 30.7. The van der Waals surface area contributed by atoms with Crippen LogP contribution in [0.25, 0.3) is 0 Å². The van der Waals surface area contributed by atoms with Gasteiger partial charge in [0.15, 0.2) is 25.2 Å². The van der Waals surface area contributed by atoms with E-state index in [1.54, 1.807) is 6.08 Å². The molecule has 642 valence electrons. The second kappa shape index (κ2) is 52.3. The summed E-state index contributed by atoms with van der Waals surface area (Å²) in [5, 5.41) is 186. The van der Waals surface area contributed by atoms with Crippen molar-refractivity contribution in [1.82, 2.24) is 16.0 Å². The molecule has 5 heterocycles. The Morgan fingerprint density at radius 3 is 1.44 bits per heavy atom. The maximum Gasteiger partial charge on any atom is 0.364 e. The van der Waals surface area contributed by atoms with Crippen LogP contribution >= 0.6 is 0 Å². The van der Waals surface area contributed by atoms with Gasteiger partial charge in [0.1, 0.15) is 110 Å². The first-order valence-corrected chi connectivity index (χ1v) is 40.9. The van der Waals surface area contributed by atoms with Crippen LogP contribution in [0.3, 0.4) is 0 Å². The lowest BCUT2D eigenvalue weighted by Crippen LogP contribution is -2.72.